The molecular weight excluding hydrogens is 467 g/mol. The largest absolute Gasteiger partial charge is 0.356 e. The predicted octanol–water partition coefficient (Wildman–Crippen LogP) is 2.94. The van der Waals surface area contributed by atoms with Crippen LogP contribution >= 0.6 is 23.2 Å². The Morgan fingerprint density at radius 1 is 1.30 bits per heavy atom. The molecule has 4 N–H and O–H groups in total. The molecule has 1 fully saturated rings. The number of nitriles is 1. The number of fused-ring (bicyclic) bond motifs is 1. The van der Waals surface area contributed by atoms with Gasteiger partial charge in [-0.1, -0.05) is 44.0 Å². The van der Waals surface area contributed by atoms with E-state index in [4.69, 9.17) is 23.2 Å². The van der Waals surface area contributed by atoms with Crippen LogP contribution in [-0.4, -0.2) is 46.3 Å². The zero-order valence-electron chi connectivity index (χ0n) is 18.6. The summed E-state index contributed by atoms with van der Waals surface area (Å²) in [5.41, 5.74) is 0.587. The number of amides is 3. The maximum Gasteiger partial charge on any atom is 0.287 e. The number of H-pyrrole nitrogens is 1. The van der Waals surface area contributed by atoms with E-state index in [0.29, 0.717) is 40.5 Å². The van der Waals surface area contributed by atoms with Crippen molar-refractivity contribution >= 4 is 52.0 Å². The van der Waals surface area contributed by atoms with Crippen LogP contribution in [0, 0.1) is 22.7 Å². The molecule has 1 saturated heterocycles. The number of carbonyl (C=O) groups is 3. The van der Waals surface area contributed by atoms with Crippen LogP contribution in [0.4, 0.5) is 0 Å². The number of halogens is 2. The van der Waals surface area contributed by atoms with Gasteiger partial charge in [0.05, 0.1) is 16.6 Å². The van der Waals surface area contributed by atoms with Gasteiger partial charge in [0.25, 0.3) is 5.91 Å². The molecule has 1 aromatic carbocycles. The Morgan fingerprint density at radius 2 is 2.03 bits per heavy atom. The molecule has 9 nitrogen and oxygen atoms in total. The maximum absolute atomic E-state index is 13.0. The van der Waals surface area contributed by atoms with Gasteiger partial charge in [-0.25, -0.2) is 4.98 Å². The molecule has 0 radical (unpaired) electrons. The molecule has 3 rings (SSSR count). The first-order valence-electron chi connectivity index (χ1n) is 10.6. The van der Waals surface area contributed by atoms with Gasteiger partial charge in [0.1, 0.15) is 17.6 Å². The average Bonchev–Trinajstić information content (AvgIpc) is 3.32. The molecular formula is C22H26Cl2N6O3. The van der Waals surface area contributed by atoms with Crippen molar-refractivity contribution in [1.82, 2.24) is 25.9 Å². The quantitative estimate of drug-likeness (QED) is 0.470. The van der Waals surface area contributed by atoms with E-state index in [1.54, 1.807) is 6.07 Å². The van der Waals surface area contributed by atoms with Gasteiger partial charge >= 0.3 is 0 Å². The van der Waals surface area contributed by atoms with Gasteiger partial charge in [-0.05, 0) is 36.8 Å². The van der Waals surface area contributed by atoms with Crippen molar-refractivity contribution in [2.24, 2.45) is 11.3 Å². The number of hydrogen-bond acceptors (Lipinski definition) is 5. The van der Waals surface area contributed by atoms with E-state index in [2.05, 4.69) is 25.9 Å². The van der Waals surface area contributed by atoms with Crippen LogP contribution in [0.3, 0.4) is 0 Å². The van der Waals surface area contributed by atoms with Crippen molar-refractivity contribution in [3.63, 3.8) is 0 Å². The van der Waals surface area contributed by atoms with Gasteiger partial charge in [0.2, 0.25) is 11.8 Å². The molecule has 2 aromatic rings. The second-order valence-corrected chi connectivity index (χ2v) is 10.2. The smallest absolute Gasteiger partial charge is 0.287 e. The highest BCUT2D eigenvalue weighted by Gasteiger charge is 2.32. The number of benzene rings is 1. The summed E-state index contributed by atoms with van der Waals surface area (Å²) in [5, 5.41) is 18.3. The molecule has 11 heteroatoms. The first kappa shape index (κ1) is 24.8. The van der Waals surface area contributed by atoms with Crippen molar-refractivity contribution < 1.29 is 14.4 Å². The summed E-state index contributed by atoms with van der Waals surface area (Å²) >= 11 is 12.2. The fourth-order valence-electron chi connectivity index (χ4n) is 3.77. The lowest BCUT2D eigenvalue weighted by Crippen LogP contribution is -2.51. The van der Waals surface area contributed by atoms with Crippen LogP contribution in [0.15, 0.2) is 12.1 Å². The first-order chi connectivity index (χ1) is 15.5. The summed E-state index contributed by atoms with van der Waals surface area (Å²) < 4.78 is 0. The summed E-state index contributed by atoms with van der Waals surface area (Å²) in [6.45, 7) is 6.37. The lowest BCUT2D eigenvalue weighted by molar-refractivity contribution is -0.125. The number of aromatic amines is 1. The Balaban J connectivity index is 1.75. The molecule has 1 aliphatic rings. The minimum atomic E-state index is -0.918. The highest BCUT2D eigenvalue weighted by molar-refractivity contribution is 6.38. The lowest BCUT2D eigenvalue weighted by Gasteiger charge is -2.27. The molecule has 3 atom stereocenters. The summed E-state index contributed by atoms with van der Waals surface area (Å²) in [5.74, 6) is -1.54. The van der Waals surface area contributed by atoms with Crippen LogP contribution in [-0.2, 0) is 9.59 Å². The van der Waals surface area contributed by atoms with E-state index in [-0.39, 0.29) is 29.5 Å². The molecule has 2 heterocycles. The van der Waals surface area contributed by atoms with Gasteiger partial charge < -0.3 is 20.9 Å². The van der Waals surface area contributed by atoms with Gasteiger partial charge in [0, 0.05) is 17.5 Å². The summed E-state index contributed by atoms with van der Waals surface area (Å²) in [4.78, 5) is 44.9. The number of rotatable bonds is 7. The second-order valence-electron chi connectivity index (χ2n) is 9.36. The summed E-state index contributed by atoms with van der Waals surface area (Å²) in [7, 11) is 0. The van der Waals surface area contributed by atoms with Crippen molar-refractivity contribution in [2.75, 3.05) is 6.54 Å². The van der Waals surface area contributed by atoms with Crippen LogP contribution in [0.25, 0.3) is 11.0 Å². The number of nitrogens with one attached hydrogen (secondary N) is 4. The zero-order valence-corrected chi connectivity index (χ0v) is 20.1. The minimum Gasteiger partial charge on any atom is -0.356 e. The monoisotopic (exact) mass is 492 g/mol. The van der Waals surface area contributed by atoms with Gasteiger partial charge in [-0.2, -0.15) is 5.26 Å². The minimum absolute atomic E-state index is 0.0136. The molecule has 1 aromatic heterocycles. The standard InChI is InChI=1S/C22H26Cl2N6O3/c1-22(2,3)9-16(20(32)27-13(10-25)6-11-4-5-26-19(11)31)29-21(33)18-28-15-8-12(23)7-14(24)17(15)30-18/h7-8,11,13,16H,4-6,9H2,1-3H3,(H,26,31)(H,27,32)(H,28,30)(H,29,33)/t11-,13?,16?/m0/s1. The van der Waals surface area contributed by atoms with Crippen molar-refractivity contribution in [3.8, 4) is 6.07 Å². The number of hydrogen-bond donors (Lipinski definition) is 4. The Bertz CT molecular complexity index is 1120. The highest BCUT2D eigenvalue weighted by Crippen LogP contribution is 2.26. The third-order valence-electron chi connectivity index (χ3n) is 5.31. The number of imidazole rings is 1. The van der Waals surface area contributed by atoms with Crippen LogP contribution in [0.1, 0.15) is 50.7 Å². The van der Waals surface area contributed by atoms with E-state index < -0.39 is 23.9 Å². The Kier molecular flexibility index (Phi) is 7.50. The van der Waals surface area contributed by atoms with Crippen molar-refractivity contribution in [2.45, 2.75) is 52.1 Å². The van der Waals surface area contributed by atoms with Gasteiger partial charge in [0.15, 0.2) is 5.82 Å². The molecule has 176 valence electrons. The number of carbonyl (C=O) groups excluding carboxylic acids is 3. The first-order valence-corrected chi connectivity index (χ1v) is 11.4. The number of nitrogens with zero attached hydrogens (tertiary/aromatic N) is 2. The van der Waals surface area contributed by atoms with Crippen LogP contribution in [0.2, 0.25) is 10.0 Å². The fourth-order valence-corrected chi connectivity index (χ4v) is 4.30. The van der Waals surface area contributed by atoms with Gasteiger partial charge in [-0.3, -0.25) is 14.4 Å². The predicted molar refractivity (Wildman–Crippen MR) is 125 cm³/mol. The summed E-state index contributed by atoms with van der Waals surface area (Å²) in [6, 6.07) is 3.40. The third-order valence-corrected chi connectivity index (χ3v) is 5.82. The molecule has 1 aliphatic heterocycles. The molecule has 2 unspecified atom stereocenters. The van der Waals surface area contributed by atoms with E-state index in [1.807, 2.05) is 26.8 Å². The molecule has 0 aliphatic carbocycles. The summed E-state index contributed by atoms with van der Waals surface area (Å²) in [6.07, 6.45) is 1.15. The SMILES string of the molecule is CC(C)(C)CC(NC(=O)c1nc2c(Cl)cc(Cl)cc2[nH]1)C(=O)NC(C#N)C[C@@H]1CCNC1=O. The topological polar surface area (TPSA) is 140 Å². The fraction of sp³-hybridized carbons (Fsp3) is 0.500. The molecule has 0 spiro atoms. The van der Waals surface area contributed by atoms with Gasteiger partial charge in [-0.15, -0.1) is 0 Å². The third kappa shape index (κ3) is 6.36. The Labute approximate surface area is 201 Å². The molecule has 33 heavy (non-hydrogen) atoms. The normalized spacial score (nSPS) is 17.8. The highest BCUT2D eigenvalue weighted by atomic mass is 35.5. The van der Waals surface area contributed by atoms with E-state index >= 15 is 0 Å². The zero-order chi connectivity index (χ0) is 24.3. The maximum atomic E-state index is 13.0. The molecule has 0 saturated carbocycles. The lowest BCUT2D eigenvalue weighted by atomic mass is 9.87. The average molecular weight is 493 g/mol. The molecule has 3 amide bonds. The molecule has 0 bridgehead atoms. The van der Waals surface area contributed by atoms with Crippen LogP contribution in [0.5, 0.6) is 0 Å². The van der Waals surface area contributed by atoms with Crippen LogP contribution < -0.4 is 16.0 Å². The second kappa shape index (κ2) is 9.98. The Hall–Kier alpha value is -2.83. The van der Waals surface area contributed by atoms with E-state index in [0.717, 1.165) is 0 Å². The van der Waals surface area contributed by atoms with Crippen molar-refractivity contribution in [1.29, 1.82) is 5.26 Å². The van der Waals surface area contributed by atoms with E-state index in [9.17, 15) is 19.6 Å². The van der Waals surface area contributed by atoms with E-state index in [1.165, 1.54) is 6.07 Å². The number of aromatic nitrogens is 2. The Morgan fingerprint density at radius 3 is 2.64 bits per heavy atom. The van der Waals surface area contributed by atoms with Crippen molar-refractivity contribution in [3.05, 3.63) is 28.0 Å².